The molecule has 0 bridgehead atoms. The molecule has 0 aliphatic rings. The van der Waals surface area contributed by atoms with Gasteiger partial charge in [-0.05, 0) is 6.07 Å². The summed E-state index contributed by atoms with van der Waals surface area (Å²) >= 11 is 0. The first kappa shape index (κ1) is 12.4. The molecular formula is C6H8NO6P2+. The molecule has 0 saturated carbocycles. The SMILES string of the molecule is O=C(P(=O)(O)O)[P+](O)(O)c1ccccn1. The number of hydrogen-bond donors (Lipinski definition) is 4. The van der Waals surface area contributed by atoms with E-state index in [0.717, 1.165) is 6.07 Å². The Hall–Kier alpha value is -0.680. The molecule has 0 spiro atoms. The molecule has 1 aromatic rings. The van der Waals surface area contributed by atoms with Gasteiger partial charge in [0.15, 0.2) is 0 Å². The molecule has 4 N–H and O–H groups in total. The van der Waals surface area contributed by atoms with Crippen LogP contribution in [0.2, 0.25) is 0 Å². The quantitative estimate of drug-likeness (QED) is 0.550. The third-order valence-corrected chi connectivity index (χ3v) is 5.04. The third-order valence-electron chi connectivity index (χ3n) is 1.48. The highest BCUT2D eigenvalue weighted by molar-refractivity contribution is 8.05. The minimum atomic E-state index is -5.17. The van der Waals surface area contributed by atoms with E-state index in [1.807, 2.05) is 0 Å². The molecule has 1 rings (SSSR count). The van der Waals surface area contributed by atoms with E-state index in [1.165, 1.54) is 18.3 Å². The molecule has 1 heterocycles. The van der Waals surface area contributed by atoms with Gasteiger partial charge in [0, 0.05) is 12.3 Å². The van der Waals surface area contributed by atoms with Crippen LogP contribution in [0.1, 0.15) is 0 Å². The maximum Gasteiger partial charge on any atom is 0.442 e. The van der Waals surface area contributed by atoms with Crippen molar-refractivity contribution in [2.45, 2.75) is 0 Å². The highest BCUT2D eigenvalue weighted by Gasteiger charge is 2.57. The van der Waals surface area contributed by atoms with Gasteiger partial charge >= 0.3 is 20.6 Å². The van der Waals surface area contributed by atoms with Gasteiger partial charge in [0.1, 0.15) is 0 Å². The molecule has 0 aromatic carbocycles. The second kappa shape index (κ2) is 4.06. The highest BCUT2D eigenvalue weighted by atomic mass is 31.3. The van der Waals surface area contributed by atoms with E-state index in [9.17, 15) is 19.1 Å². The normalized spacial score (nSPS) is 12.5. The number of carbonyl (C=O) groups is 1. The fraction of sp³-hybridized carbons (Fsp3) is 0. The summed E-state index contributed by atoms with van der Waals surface area (Å²) in [7, 11) is -9.69. The summed E-state index contributed by atoms with van der Waals surface area (Å²) in [5.41, 5.74) is -0.432. The first-order chi connectivity index (χ1) is 6.76. The average Bonchev–Trinajstić information content (AvgIpc) is 2.16. The van der Waals surface area contributed by atoms with Crippen molar-refractivity contribution in [3.8, 4) is 0 Å². The summed E-state index contributed by atoms with van der Waals surface area (Å²) in [4.78, 5) is 50.3. The molecule has 0 atom stereocenters. The minimum Gasteiger partial charge on any atom is -0.316 e. The Morgan fingerprint density at radius 1 is 1.33 bits per heavy atom. The second-order valence-corrected chi connectivity index (χ2v) is 6.53. The molecular weight excluding hydrogens is 244 g/mol. The Morgan fingerprint density at radius 3 is 2.33 bits per heavy atom. The van der Waals surface area contributed by atoms with Crippen LogP contribution < -0.4 is 5.44 Å². The van der Waals surface area contributed by atoms with E-state index < -0.39 is 26.0 Å². The zero-order valence-electron chi connectivity index (χ0n) is 7.26. The molecule has 82 valence electrons. The minimum absolute atomic E-state index is 0.432. The molecule has 0 amide bonds. The Labute approximate surface area is 85.1 Å². The lowest BCUT2D eigenvalue weighted by Gasteiger charge is -2.08. The van der Waals surface area contributed by atoms with Crippen molar-refractivity contribution in [2.24, 2.45) is 0 Å². The molecule has 9 heteroatoms. The Balaban J connectivity index is 3.15. The summed E-state index contributed by atoms with van der Waals surface area (Å²) in [6, 6.07) is 3.95. The number of nitrogens with zero attached hydrogens (tertiary/aromatic N) is 1. The van der Waals surface area contributed by atoms with Crippen molar-refractivity contribution >= 4 is 26.0 Å². The van der Waals surface area contributed by atoms with Crippen LogP contribution in [0.25, 0.3) is 0 Å². The summed E-state index contributed by atoms with van der Waals surface area (Å²) in [6.07, 6.45) is 1.18. The standard InChI is InChI=1S/C6H7NO6P2/c8-6(15(11,12)13)14(9,10)5-3-1-2-4-7-5/h1-4,9-10H,(H-,11,12,13)/p+1. The van der Waals surface area contributed by atoms with E-state index in [2.05, 4.69) is 4.98 Å². The molecule has 0 aliphatic heterocycles. The summed E-state index contributed by atoms with van der Waals surface area (Å²) in [5, 5.41) is -1.89. The lowest BCUT2D eigenvalue weighted by atomic mass is 10.5. The van der Waals surface area contributed by atoms with Gasteiger partial charge in [0.05, 0.1) is 0 Å². The van der Waals surface area contributed by atoms with Crippen LogP contribution in [-0.2, 0) is 4.57 Å². The second-order valence-electron chi connectivity index (χ2n) is 2.62. The monoisotopic (exact) mass is 252 g/mol. The van der Waals surface area contributed by atoms with Crippen LogP contribution in [0.5, 0.6) is 0 Å². The van der Waals surface area contributed by atoms with Crippen molar-refractivity contribution in [2.75, 3.05) is 0 Å². The maximum absolute atomic E-state index is 11.0. The Kier molecular flexibility index (Phi) is 3.35. The van der Waals surface area contributed by atoms with Crippen molar-refractivity contribution < 1.29 is 28.9 Å². The first-order valence-corrected chi connectivity index (χ1v) is 6.93. The Bertz CT molecular complexity index is 413. The van der Waals surface area contributed by atoms with E-state index in [1.54, 1.807) is 0 Å². The molecule has 0 aliphatic carbocycles. The third kappa shape index (κ3) is 2.66. The summed E-state index contributed by atoms with van der Waals surface area (Å²) in [6.45, 7) is 0. The van der Waals surface area contributed by atoms with E-state index in [0.29, 0.717) is 0 Å². The van der Waals surface area contributed by atoms with Gasteiger partial charge in [0.25, 0.3) is 5.44 Å². The molecule has 0 unspecified atom stereocenters. The predicted octanol–water partition coefficient (Wildman–Crippen LogP) is -0.163. The summed E-state index contributed by atoms with van der Waals surface area (Å²) in [5.74, 6) is 0. The van der Waals surface area contributed by atoms with Crippen LogP contribution >= 0.6 is 15.3 Å². The van der Waals surface area contributed by atoms with Crippen LogP contribution in [0.3, 0.4) is 0 Å². The van der Waals surface area contributed by atoms with Gasteiger partial charge in [-0.2, -0.15) is 0 Å². The van der Waals surface area contributed by atoms with E-state index >= 15 is 0 Å². The van der Waals surface area contributed by atoms with E-state index in [4.69, 9.17) is 9.79 Å². The summed E-state index contributed by atoms with van der Waals surface area (Å²) < 4.78 is 10.6. The number of hydrogen-bond acceptors (Lipinski definition) is 5. The van der Waals surface area contributed by atoms with E-state index in [-0.39, 0.29) is 0 Å². The number of carbonyl (C=O) groups excluding carboxylic acids is 1. The van der Waals surface area contributed by atoms with Crippen LogP contribution in [0, 0.1) is 0 Å². The van der Waals surface area contributed by atoms with Crippen molar-refractivity contribution in [1.82, 2.24) is 4.98 Å². The largest absolute Gasteiger partial charge is 0.442 e. The van der Waals surface area contributed by atoms with Crippen molar-refractivity contribution in [3.05, 3.63) is 24.4 Å². The van der Waals surface area contributed by atoms with Gasteiger partial charge in [-0.3, -0.25) is 0 Å². The molecule has 0 fully saturated rings. The molecule has 7 nitrogen and oxygen atoms in total. The average molecular weight is 252 g/mol. The molecule has 0 saturated heterocycles. The van der Waals surface area contributed by atoms with Gasteiger partial charge in [-0.25, -0.2) is 24.1 Å². The zero-order valence-corrected chi connectivity index (χ0v) is 9.05. The van der Waals surface area contributed by atoms with Crippen LogP contribution in [-0.4, -0.2) is 29.8 Å². The number of aromatic nitrogens is 1. The number of rotatable bonds is 3. The van der Waals surface area contributed by atoms with Crippen LogP contribution in [0.4, 0.5) is 4.79 Å². The fourth-order valence-electron chi connectivity index (χ4n) is 0.818. The van der Waals surface area contributed by atoms with Gasteiger partial charge in [-0.15, -0.1) is 0 Å². The lowest BCUT2D eigenvalue weighted by molar-refractivity contribution is 0.259. The molecule has 0 radical (unpaired) electrons. The predicted molar refractivity (Wildman–Crippen MR) is 52.7 cm³/mol. The van der Waals surface area contributed by atoms with Gasteiger partial charge in [0.2, 0.25) is 0 Å². The first-order valence-electron chi connectivity index (χ1n) is 3.63. The lowest BCUT2D eigenvalue weighted by Crippen LogP contribution is -2.19. The Morgan fingerprint density at radius 2 is 1.93 bits per heavy atom. The highest BCUT2D eigenvalue weighted by Crippen LogP contribution is 2.61. The van der Waals surface area contributed by atoms with Crippen LogP contribution in [0.15, 0.2) is 24.4 Å². The molecule has 15 heavy (non-hydrogen) atoms. The molecule has 1 aromatic heterocycles. The van der Waals surface area contributed by atoms with Crippen molar-refractivity contribution in [1.29, 1.82) is 0 Å². The smallest absolute Gasteiger partial charge is 0.316 e. The van der Waals surface area contributed by atoms with Gasteiger partial charge in [-0.1, -0.05) is 6.07 Å². The fourth-order valence-corrected chi connectivity index (χ4v) is 3.30. The maximum atomic E-state index is 11.0. The topological polar surface area (TPSA) is 128 Å². The van der Waals surface area contributed by atoms with Crippen molar-refractivity contribution in [3.63, 3.8) is 0 Å². The zero-order chi connectivity index (χ0) is 11.7. The van der Waals surface area contributed by atoms with Gasteiger partial charge < -0.3 is 9.79 Å². The number of pyridine rings is 1.